The second-order valence-corrected chi connectivity index (χ2v) is 8.35. The van der Waals surface area contributed by atoms with Crippen LogP contribution in [0.15, 0.2) is 23.3 Å². The van der Waals surface area contributed by atoms with Crippen molar-refractivity contribution in [3.8, 4) is 0 Å². The number of amides is 2. The molecule has 0 bridgehead atoms. The molecular formula is C19H29N3O3. The molecule has 2 N–H and O–H groups in total. The van der Waals surface area contributed by atoms with Crippen molar-refractivity contribution < 1.29 is 9.59 Å². The van der Waals surface area contributed by atoms with Crippen LogP contribution in [0.25, 0.3) is 0 Å². The lowest BCUT2D eigenvalue weighted by Gasteiger charge is -2.44. The van der Waals surface area contributed by atoms with Crippen molar-refractivity contribution >= 4 is 11.8 Å². The molecule has 1 saturated carbocycles. The van der Waals surface area contributed by atoms with Crippen molar-refractivity contribution in [2.45, 2.75) is 52.5 Å². The highest BCUT2D eigenvalue weighted by molar-refractivity contribution is 5.93. The van der Waals surface area contributed by atoms with Gasteiger partial charge in [-0.15, -0.1) is 0 Å². The van der Waals surface area contributed by atoms with Gasteiger partial charge >= 0.3 is 0 Å². The van der Waals surface area contributed by atoms with E-state index in [0.29, 0.717) is 13.0 Å². The zero-order valence-electron chi connectivity index (χ0n) is 15.8. The van der Waals surface area contributed by atoms with Crippen LogP contribution >= 0.6 is 0 Å². The van der Waals surface area contributed by atoms with Crippen LogP contribution in [-0.2, 0) is 11.8 Å². The number of pyridine rings is 1. The summed E-state index contributed by atoms with van der Waals surface area (Å²) in [7, 11) is 1.76. The van der Waals surface area contributed by atoms with E-state index in [1.54, 1.807) is 17.8 Å². The molecule has 0 radical (unpaired) electrons. The van der Waals surface area contributed by atoms with Crippen molar-refractivity contribution in [1.29, 1.82) is 0 Å². The van der Waals surface area contributed by atoms with E-state index in [-0.39, 0.29) is 34.1 Å². The molecule has 0 saturated heterocycles. The van der Waals surface area contributed by atoms with Gasteiger partial charge in [0.15, 0.2) is 5.43 Å². The fourth-order valence-corrected chi connectivity index (χ4v) is 3.17. The van der Waals surface area contributed by atoms with Gasteiger partial charge in [-0.3, -0.25) is 14.4 Å². The first-order valence-corrected chi connectivity index (χ1v) is 8.78. The SMILES string of the molecule is Cn1ccc(=O)c(C(=O)NCCC(C)(C)NC(=O)C2CCC2(C)C)c1. The third kappa shape index (κ3) is 4.71. The lowest BCUT2D eigenvalue weighted by atomic mass is 9.62. The molecule has 6 heteroatoms. The van der Waals surface area contributed by atoms with Crippen LogP contribution in [-0.4, -0.2) is 28.5 Å². The smallest absolute Gasteiger partial charge is 0.256 e. The maximum atomic E-state index is 12.4. The summed E-state index contributed by atoms with van der Waals surface area (Å²) in [6, 6.07) is 1.37. The highest BCUT2D eigenvalue weighted by atomic mass is 16.2. The molecule has 1 aromatic heterocycles. The first-order chi connectivity index (χ1) is 11.5. The number of hydrogen-bond acceptors (Lipinski definition) is 3. The van der Waals surface area contributed by atoms with Gasteiger partial charge in [-0.05, 0) is 38.5 Å². The maximum Gasteiger partial charge on any atom is 0.256 e. The number of nitrogens with zero attached hydrogens (tertiary/aromatic N) is 1. The van der Waals surface area contributed by atoms with E-state index >= 15 is 0 Å². The van der Waals surface area contributed by atoms with Crippen LogP contribution in [0.3, 0.4) is 0 Å². The molecule has 1 aliphatic carbocycles. The van der Waals surface area contributed by atoms with Crippen LogP contribution < -0.4 is 16.1 Å². The molecule has 1 unspecified atom stereocenters. The van der Waals surface area contributed by atoms with Gasteiger partial charge in [0.1, 0.15) is 5.56 Å². The zero-order valence-corrected chi connectivity index (χ0v) is 15.8. The van der Waals surface area contributed by atoms with Crippen molar-refractivity contribution in [3.63, 3.8) is 0 Å². The Bertz CT molecular complexity index is 719. The van der Waals surface area contributed by atoms with Crippen LogP contribution in [0, 0.1) is 11.3 Å². The van der Waals surface area contributed by atoms with Gasteiger partial charge in [0.05, 0.1) is 0 Å². The quantitative estimate of drug-likeness (QED) is 0.824. The third-order valence-electron chi connectivity index (χ3n) is 5.14. The molecule has 138 valence electrons. The number of nitrogens with one attached hydrogen (secondary N) is 2. The fourth-order valence-electron chi connectivity index (χ4n) is 3.17. The number of aromatic nitrogens is 1. The summed E-state index contributed by atoms with van der Waals surface area (Å²) in [5.41, 5.74) is -0.516. The van der Waals surface area contributed by atoms with Crippen LogP contribution in [0.4, 0.5) is 0 Å². The molecule has 6 nitrogen and oxygen atoms in total. The average molecular weight is 347 g/mol. The standard InChI is InChI=1S/C19H29N3O3/c1-18(2)8-6-14(18)17(25)21-19(3,4)9-10-20-16(24)13-12-22(5)11-7-15(13)23/h7,11-12,14H,6,8-10H2,1-5H3,(H,20,24)(H,21,25). The van der Waals surface area contributed by atoms with Gasteiger partial charge in [-0.2, -0.15) is 0 Å². The van der Waals surface area contributed by atoms with Gasteiger partial charge in [0.25, 0.3) is 5.91 Å². The number of carbonyl (C=O) groups excluding carboxylic acids is 2. The minimum Gasteiger partial charge on any atom is -0.356 e. The monoisotopic (exact) mass is 347 g/mol. The van der Waals surface area contributed by atoms with Gasteiger partial charge < -0.3 is 15.2 Å². The Labute approximate surface area is 149 Å². The van der Waals surface area contributed by atoms with Gasteiger partial charge in [-0.1, -0.05) is 13.8 Å². The molecule has 1 heterocycles. The highest BCUT2D eigenvalue weighted by Gasteiger charge is 2.44. The Morgan fingerprint density at radius 2 is 2.04 bits per heavy atom. The summed E-state index contributed by atoms with van der Waals surface area (Å²) in [6.45, 7) is 8.52. The maximum absolute atomic E-state index is 12.4. The first kappa shape index (κ1) is 19.2. The number of aryl methyl sites for hydroxylation is 1. The fraction of sp³-hybridized carbons (Fsp3) is 0.632. The Morgan fingerprint density at radius 3 is 2.60 bits per heavy atom. The number of rotatable bonds is 6. The largest absolute Gasteiger partial charge is 0.356 e. The minimum absolute atomic E-state index is 0.0636. The van der Waals surface area contributed by atoms with E-state index in [0.717, 1.165) is 12.8 Å². The topological polar surface area (TPSA) is 80.2 Å². The van der Waals surface area contributed by atoms with E-state index in [1.807, 2.05) is 13.8 Å². The summed E-state index contributed by atoms with van der Waals surface area (Å²) < 4.78 is 1.67. The average Bonchev–Trinajstić information content (AvgIpc) is 2.47. The zero-order chi connectivity index (χ0) is 18.8. The molecule has 0 spiro atoms. The molecule has 25 heavy (non-hydrogen) atoms. The molecule has 2 rings (SSSR count). The molecule has 1 atom stereocenters. The van der Waals surface area contributed by atoms with Gasteiger partial charge in [0, 0.05) is 43.5 Å². The number of hydrogen-bond donors (Lipinski definition) is 2. The summed E-state index contributed by atoms with van der Waals surface area (Å²) in [5.74, 6) is -0.235. The molecular weight excluding hydrogens is 318 g/mol. The van der Waals surface area contributed by atoms with E-state index < -0.39 is 5.54 Å². The van der Waals surface area contributed by atoms with Crippen LogP contribution in [0.2, 0.25) is 0 Å². The lowest BCUT2D eigenvalue weighted by Crippen LogP contribution is -2.53. The molecule has 2 amide bonds. The Morgan fingerprint density at radius 1 is 1.36 bits per heavy atom. The molecule has 1 fully saturated rings. The normalized spacial score (nSPS) is 19.0. The molecule has 1 aromatic rings. The van der Waals surface area contributed by atoms with Crippen molar-refractivity contribution in [2.75, 3.05) is 6.54 Å². The highest BCUT2D eigenvalue weighted by Crippen LogP contribution is 2.46. The third-order valence-corrected chi connectivity index (χ3v) is 5.14. The summed E-state index contributed by atoms with van der Waals surface area (Å²) in [6.07, 6.45) is 5.73. The second-order valence-electron chi connectivity index (χ2n) is 8.35. The van der Waals surface area contributed by atoms with Crippen LogP contribution in [0.5, 0.6) is 0 Å². The predicted molar refractivity (Wildman–Crippen MR) is 97.4 cm³/mol. The molecule has 0 aromatic carbocycles. The predicted octanol–water partition coefficient (Wildman–Crippen LogP) is 1.84. The lowest BCUT2D eigenvalue weighted by molar-refractivity contribution is -0.136. The van der Waals surface area contributed by atoms with Crippen molar-refractivity contribution in [2.24, 2.45) is 18.4 Å². The Balaban J connectivity index is 1.85. The Hall–Kier alpha value is -2.11. The summed E-state index contributed by atoms with van der Waals surface area (Å²) >= 11 is 0. The van der Waals surface area contributed by atoms with Crippen LogP contribution in [0.1, 0.15) is 57.3 Å². The summed E-state index contributed by atoms with van der Waals surface area (Å²) in [4.78, 5) is 36.3. The summed E-state index contributed by atoms with van der Waals surface area (Å²) in [5, 5.41) is 5.86. The minimum atomic E-state index is -0.419. The first-order valence-electron chi connectivity index (χ1n) is 8.78. The van der Waals surface area contributed by atoms with E-state index in [9.17, 15) is 14.4 Å². The van der Waals surface area contributed by atoms with Gasteiger partial charge in [0.2, 0.25) is 5.91 Å². The second kappa shape index (κ2) is 7.02. The molecule has 0 aliphatic heterocycles. The molecule has 1 aliphatic rings. The van der Waals surface area contributed by atoms with E-state index in [2.05, 4.69) is 24.5 Å². The van der Waals surface area contributed by atoms with Gasteiger partial charge in [-0.25, -0.2) is 0 Å². The van der Waals surface area contributed by atoms with Crippen molar-refractivity contribution in [3.05, 3.63) is 34.2 Å². The van der Waals surface area contributed by atoms with E-state index in [1.165, 1.54) is 12.3 Å². The number of carbonyl (C=O) groups is 2. The van der Waals surface area contributed by atoms with E-state index in [4.69, 9.17) is 0 Å². The Kier molecular flexibility index (Phi) is 5.40. The van der Waals surface area contributed by atoms with Crippen molar-refractivity contribution in [1.82, 2.24) is 15.2 Å².